The lowest BCUT2D eigenvalue weighted by molar-refractivity contribution is -0.159. The predicted molar refractivity (Wildman–Crippen MR) is 190 cm³/mol. The third kappa shape index (κ3) is 27.0. The van der Waals surface area contributed by atoms with Crippen molar-refractivity contribution in [2.75, 3.05) is 0 Å². The fourth-order valence-corrected chi connectivity index (χ4v) is 5.99. The van der Waals surface area contributed by atoms with Gasteiger partial charge in [0.15, 0.2) is 0 Å². The lowest BCUT2D eigenvalue weighted by atomic mass is 10.0. The van der Waals surface area contributed by atoms with Gasteiger partial charge in [0.05, 0.1) is 0 Å². The summed E-state index contributed by atoms with van der Waals surface area (Å²) < 4.78 is 0. The van der Waals surface area contributed by atoms with Crippen LogP contribution in [0, 0.1) is 0 Å². The Bertz CT molecular complexity index is 795. The molecule has 7 heteroatoms. The van der Waals surface area contributed by atoms with Crippen LogP contribution in [0.5, 0.6) is 0 Å². The molecule has 0 spiro atoms. The van der Waals surface area contributed by atoms with E-state index in [1.54, 1.807) is 0 Å². The smallest absolute Gasteiger partial charge is 0.326 e. The Hall–Kier alpha value is -2.18. The zero-order valence-corrected chi connectivity index (χ0v) is 29.9. The zero-order chi connectivity index (χ0) is 34.1. The van der Waals surface area contributed by atoms with Crippen LogP contribution in [0.4, 0.5) is 0 Å². The van der Waals surface area contributed by atoms with Crippen LogP contribution in [0.2, 0.25) is 0 Å². The highest BCUT2D eigenvalue weighted by Gasteiger charge is 2.34. The summed E-state index contributed by atoms with van der Waals surface area (Å²) in [6.45, 7) is 4.48. The number of carbonyl (C=O) groups excluding carboxylic acids is 2. The van der Waals surface area contributed by atoms with E-state index < -0.39 is 36.2 Å². The van der Waals surface area contributed by atoms with Gasteiger partial charge in [-0.2, -0.15) is 0 Å². The first-order valence-electron chi connectivity index (χ1n) is 19.3. The van der Waals surface area contributed by atoms with Gasteiger partial charge in [-0.15, -0.1) is 0 Å². The van der Waals surface area contributed by atoms with Gasteiger partial charge in [-0.1, -0.05) is 154 Å². The number of hydrogen-bond acceptors (Lipinski definition) is 4. The largest absolute Gasteiger partial charge is 0.481 e. The van der Waals surface area contributed by atoms with Crippen LogP contribution in [0.25, 0.3) is 0 Å². The van der Waals surface area contributed by atoms with Gasteiger partial charge in [-0.25, -0.2) is 4.79 Å². The molecule has 0 aliphatic carbocycles. The molecule has 0 rings (SSSR count). The van der Waals surface area contributed by atoms with Gasteiger partial charge in [0.2, 0.25) is 11.8 Å². The normalized spacial score (nSPS) is 12.0. The van der Waals surface area contributed by atoms with Crippen molar-refractivity contribution in [2.45, 2.75) is 213 Å². The number of allylic oxidation sites excluding steroid dienone is 2. The molecule has 0 saturated heterocycles. The Labute approximate surface area is 282 Å². The fraction of sp³-hybridized carbons (Fsp3) is 0.846. The van der Waals surface area contributed by atoms with Crippen LogP contribution in [0.15, 0.2) is 12.2 Å². The summed E-state index contributed by atoms with van der Waals surface area (Å²) in [5.74, 6) is -3.44. The number of aliphatic carboxylic acids is 2. The maximum Gasteiger partial charge on any atom is 0.326 e. The Morgan fingerprint density at radius 1 is 0.478 bits per heavy atom. The highest BCUT2D eigenvalue weighted by atomic mass is 16.4. The average molecular weight is 650 g/mol. The summed E-state index contributed by atoms with van der Waals surface area (Å²) in [7, 11) is 0. The third-order valence-corrected chi connectivity index (χ3v) is 8.91. The summed E-state index contributed by atoms with van der Waals surface area (Å²) in [6.07, 6.45) is 34.2. The number of amides is 2. The van der Waals surface area contributed by atoms with Crippen LogP contribution < -0.4 is 0 Å². The van der Waals surface area contributed by atoms with Crippen LogP contribution in [0.3, 0.4) is 0 Å². The van der Waals surface area contributed by atoms with E-state index >= 15 is 0 Å². The molecule has 0 aromatic heterocycles. The van der Waals surface area contributed by atoms with Crippen molar-refractivity contribution >= 4 is 23.8 Å². The van der Waals surface area contributed by atoms with Crippen LogP contribution in [-0.4, -0.2) is 44.9 Å². The molecule has 2 amide bonds. The average Bonchev–Trinajstić information content (AvgIpc) is 3.02. The maximum absolute atomic E-state index is 13.1. The molecule has 268 valence electrons. The molecule has 0 aromatic rings. The number of hydrogen-bond donors (Lipinski definition) is 2. The van der Waals surface area contributed by atoms with Crippen molar-refractivity contribution in [3.05, 3.63) is 12.2 Å². The summed E-state index contributed by atoms with van der Waals surface area (Å²) in [5, 5.41) is 18.9. The first kappa shape index (κ1) is 43.8. The molecular formula is C39H71NO6. The topological polar surface area (TPSA) is 112 Å². The zero-order valence-electron chi connectivity index (χ0n) is 29.9. The molecule has 2 N–H and O–H groups in total. The van der Waals surface area contributed by atoms with Crippen LogP contribution >= 0.6 is 0 Å². The van der Waals surface area contributed by atoms with Crippen molar-refractivity contribution in [3.63, 3.8) is 0 Å². The maximum atomic E-state index is 13.1. The lowest BCUT2D eigenvalue weighted by Crippen LogP contribution is -2.48. The molecule has 0 bridgehead atoms. The van der Waals surface area contributed by atoms with Crippen molar-refractivity contribution < 1.29 is 29.4 Å². The number of nitrogens with zero attached hydrogens (tertiary/aromatic N) is 1. The van der Waals surface area contributed by atoms with E-state index in [4.69, 9.17) is 5.11 Å². The summed E-state index contributed by atoms with van der Waals surface area (Å²) in [4.78, 5) is 50.3. The van der Waals surface area contributed by atoms with Gasteiger partial charge in [-0.3, -0.25) is 19.3 Å². The van der Waals surface area contributed by atoms with Crippen molar-refractivity contribution in [3.8, 4) is 0 Å². The van der Waals surface area contributed by atoms with Gasteiger partial charge in [-0.05, 0) is 44.9 Å². The fourth-order valence-electron chi connectivity index (χ4n) is 5.99. The van der Waals surface area contributed by atoms with Crippen molar-refractivity contribution in [1.29, 1.82) is 0 Å². The molecule has 0 heterocycles. The molecule has 0 saturated carbocycles. The molecule has 0 radical (unpaired) electrons. The Morgan fingerprint density at radius 3 is 1.13 bits per heavy atom. The van der Waals surface area contributed by atoms with Gasteiger partial charge in [0, 0.05) is 19.3 Å². The van der Waals surface area contributed by atoms with Gasteiger partial charge in [0.25, 0.3) is 0 Å². The predicted octanol–water partition coefficient (Wildman–Crippen LogP) is 11.2. The van der Waals surface area contributed by atoms with E-state index in [1.165, 1.54) is 96.3 Å². The number of imide groups is 1. The van der Waals surface area contributed by atoms with E-state index in [0.29, 0.717) is 12.8 Å². The number of carboxylic acids is 2. The number of carboxylic acid groups (broad SMARTS) is 2. The minimum atomic E-state index is -1.43. The van der Waals surface area contributed by atoms with Crippen molar-refractivity contribution in [2.24, 2.45) is 0 Å². The monoisotopic (exact) mass is 650 g/mol. The van der Waals surface area contributed by atoms with E-state index in [0.717, 1.165) is 62.7 Å². The molecule has 0 aromatic carbocycles. The highest BCUT2D eigenvalue weighted by molar-refractivity contribution is 5.99. The third-order valence-electron chi connectivity index (χ3n) is 8.91. The van der Waals surface area contributed by atoms with E-state index in [-0.39, 0.29) is 19.3 Å². The molecule has 0 aliphatic rings. The Kier molecular flexibility index (Phi) is 31.2. The molecule has 46 heavy (non-hydrogen) atoms. The molecular weight excluding hydrogens is 578 g/mol. The van der Waals surface area contributed by atoms with E-state index in [9.17, 15) is 24.3 Å². The lowest BCUT2D eigenvalue weighted by Gasteiger charge is -2.27. The summed E-state index contributed by atoms with van der Waals surface area (Å²) in [5.41, 5.74) is 0. The summed E-state index contributed by atoms with van der Waals surface area (Å²) >= 11 is 0. The quantitative estimate of drug-likeness (QED) is 0.0530. The number of rotatable bonds is 34. The first-order chi connectivity index (χ1) is 22.3. The minimum absolute atomic E-state index is 0.110. The molecule has 0 unspecified atom stereocenters. The molecule has 0 aliphatic heterocycles. The van der Waals surface area contributed by atoms with Crippen LogP contribution in [-0.2, 0) is 19.2 Å². The van der Waals surface area contributed by atoms with Crippen molar-refractivity contribution in [1.82, 2.24) is 4.90 Å². The van der Waals surface area contributed by atoms with E-state index in [2.05, 4.69) is 26.0 Å². The molecule has 7 nitrogen and oxygen atoms in total. The standard InChI is InChI=1S/C39H71NO6/c1-3-5-7-9-11-13-15-17-18-20-22-24-26-28-30-32-37(42)40(35(39(45)46)33-34-38(43)44)36(41)31-29-27-25-23-21-19-16-14-12-10-8-6-4-2/h17-18,35H,3-16,19-34H2,1-2H3,(H,43,44)(H,45,46)/b18-17-/t35-/m0/s1. The summed E-state index contributed by atoms with van der Waals surface area (Å²) in [6, 6.07) is -1.43. The number of unbranched alkanes of at least 4 members (excludes halogenated alkanes) is 23. The molecule has 0 fully saturated rings. The SMILES string of the molecule is CCCCCCCC/C=C\CCCCCCCC(=O)N(C(=O)CCCCCCCCCCCCCCC)[C@@H](CCC(=O)O)C(=O)O. The second kappa shape index (κ2) is 32.7. The Balaban J connectivity index is 4.40. The van der Waals surface area contributed by atoms with Crippen LogP contribution in [0.1, 0.15) is 206 Å². The number of carbonyl (C=O) groups is 4. The minimum Gasteiger partial charge on any atom is -0.481 e. The van der Waals surface area contributed by atoms with Gasteiger partial charge in [0.1, 0.15) is 6.04 Å². The highest BCUT2D eigenvalue weighted by Crippen LogP contribution is 2.18. The second-order valence-corrected chi connectivity index (χ2v) is 13.3. The molecule has 1 atom stereocenters. The first-order valence-corrected chi connectivity index (χ1v) is 19.3. The van der Waals surface area contributed by atoms with E-state index in [1.807, 2.05) is 0 Å². The second-order valence-electron chi connectivity index (χ2n) is 13.3. The Morgan fingerprint density at radius 2 is 0.804 bits per heavy atom. The van der Waals surface area contributed by atoms with Gasteiger partial charge >= 0.3 is 11.9 Å². The van der Waals surface area contributed by atoms with Gasteiger partial charge < -0.3 is 10.2 Å².